The number of H-pyrrole nitrogens is 1. The average Bonchev–Trinajstić information content (AvgIpc) is 2.35. The van der Waals surface area contributed by atoms with Crippen molar-refractivity contribution in [2.45, 2.75) is 0 Å². The molecule has 0 aliphatic heterocycles. The van der Waals surface area contributed by atoms with Gasteiger partial charge in [-0.3, -0.25) is 14.3 Å². The van der Waals surface area contributed by atoms with Crippen molar-refractivity contribution in [1.82, 2.24) is 9.55 Å². The molecule has 1 aromatic carbocycles. The predicted octanol–water partition coefficient (Wildman–Crippen LogP) is 0.815. The van der Waals surface area contributed by atoms with E-state index in [0.29, 0.717) is 16.7 Å². The molecule has 1 aromatic heterocycles. The topological polar surface area (TPSA) is 78.7 Å². The highest BCUT2D eigenvalue weighted by Crippen LogP contribution is 2.15. The van der Waals surface area contributed by atoms with Crippen LogP contribution < -0.4 is 11.2 Å². The van der Waals surface area contributed by atoms with Crippen LogP contribution in [0.3, 0.4) is 0 Å². The highest BCUT2D eigenvalue weighted by atomic mass is 19.2. The number of nitrogens with one attached hydrogen (secondary N) is 1. The molecule has 5 nitrogen and oxygen atoms in total. The van der Waals surface area contributed by atoms with Gasteiger partial charge in [-0.1, -0.05) is 0 Å². The molecule has 96 valence electrons. The second-order valence-electron chi connectivity index (χ2n) is 3.51. The number of nitrogens with zero attached hydrogens (tertiary/aromatic N) is 2. The number of benzene rings is 1. The molecule has 0 spiro atoms. The van der Waals surface area contributed by atoms with Crippen LogP contribution in [0.25, 0.3) is 5.69 Å². The zero-order valence-corrected chi connectivity index (χ0v) is 9.08. The molecular formula is C11H4F3N3O2. The van der Waals surface area contributed by atoms with Crippen molar-refractivity contribution in [2.75, 3.05) is 0 Å². The third-order valence-electron chi connectivity index (χ3n) is 2.31. The first kappa shape index (κ1) is 12.6. The number of halogens is 3. The van der Waals surface area contributed by atoms with Crippen LogP contribution >= 0.6 is 0 Å². The molecule has 8 heteroatoms. The SMILES string of the molecule is N#Cc1cn(-c2cc(F)c(F)c(F)c2)c(=O)[nH]c1=O. The van der Waals surface area contributed by atoms with Gasteiger partial charge in [-0.25, -0.2) is 18.0 Å². The Morgan fingerprint density at radius 3 is 2.26 bits per heavy atom. The van der Waals surface area contributed by atoms with E-state index < -0.39 is 34.3 Å². The Balaban J connectivity index is 2.77. The van der Waals surface area contributed by atoms with Crippen LogP contribution in [-0.2, 0) is 0 Å². The number of aromatic amines is 1. The maximum Gasteiger partial charge on any atom is 0.332 e. The Morgan fingerprint density at radius 2 is 1.74 bits per heavy atom. The van der Waals surface area contributed by atoms with Crippen molar-refractivity contribution in [1.29, 1.82) is 5.26 Å². The Bertz CT molecular complexity index is 794. The number of aromatic nitrogens is 2. The van der Waals surface area contributed by atoms with E-state index in [1.807, 2.05) is 0 Å². The summed E-state index contributed by atoms with van der Waals surface area (Å²) in [5.41, 5.74) is -2.71. The molecule has 1 heterocycles. The molecule has 0 unspecified atom stereocenters. The number of rotatable bonds is 1. The van der Waals surface area contributed by atoms with Gasteiger partial charge in [0.15, 0.2) is 17.5 Å². The number of hydrogen-bond donors (Lipinski definition) is 1. The first-order valence-corrected chi connectivity index (χ1v) is 4.85. The van der Waals surface area contributed by atoms with Gasteiger partial charge in [0.25, 0.3) is 5.56 Å². The normalized spacial score (nSPS) is 10.2. The fourth-order valence-corrected chi connectivity index (χ4v) is 1.42. The van der Waals surface area contributed by atoms with E-state index in [1.54, 1.807) is 4.98 Å². The minimum atomic E-state index is -1.68. The second-order valence-corrected chi connectivity index (χ2v) is 3.51. The van der Waals surface area contributed by atoms with Gasteiger partial charge in [0.05, 0.1) is 5.69 Å². The van der Waals surface area contributed by atoms with Gasteiger partial charge in [-0.2, -0.15) is 5.26 Å². The molecule has 0 aliphatic carbocycles. The minimum absolute atomic E-state index is 0.353. The van der Waals surface area contributed by atoms with Crippen LogP contribution in [0.4, 0.5) is 13.2 Å². The summed E-state index contributed by atoms with van der Waals surface area (Å²) < 4.78 is 39.5. The standard InChI is InChI=1S/C11H4F3N3O2/c12-7-1-6(2-8(13)9(7)14)17-4-5(3-15)10(18)16-11(17)19/h1-2,4H,(H,16,18,19). The first-order chi connectivity index (χ1) is 8.93. The van der Waals surface area contributed by atoms with Gasteiger partial charge in [-0.15, -0.1) is 0 Å². The molecule has 2 aromatic rings. The van der Waals surface area contributed by atoms with Crippen LogP contribution in [-0.4, -0.2) is 9.55 Å². The maximum absolute atomic E-state index is 13.1. The average molecular weight is 267 g/mol. The van der Waals surface area contributed by atoms with Crippen LogP contribution in [0, 0.1) is 28.8 Å². The van der Waals surface area contributed by atoms with Crippen molar-refractivity contribution >= 4 is 0 Å². The second kappa shape index (κ2) is 4.45. The van der Waals surface area contributed by atoms with Gasteiger partial charge in [0.1, 0.15) is 11.6 Å². The number of nitriles is 1. The van der Waals surface area contributed by atoms with Gasteiger partial charge in [-0.05, 0) is 0 Å². The fraction of sp³-hybridized carbons (Fsp3) is 0. The molecule has 0 amide bonds. The molecule has 0 saturated carbocycles. The van der Waals surface area contributed by atoms with E-state index in [1.165, 1.54) is 6.07 Å². The first-order valence-electron chi connectivity index (χ1n) is 4.85. The smallest absolute Gasteiger partial charge is 0.273 e. The van der Waals surface area contributed by atoms with Gasteiger partial charge >= 0.3 is 5.69 Å². The zero-order valence-electron chi connectivity index (χ0n) is 9.08. The quantitative estimate of drug-likeness (QED) is 0.777. The lowest BCUT2D eigenvalue weighted by molar-refractivity contribution is 0.446. The lowest BCUT2D eigenvalue weighted by Gasteiger charge is -2.06. The Labute approximate surface area is 103 Å². The van der Waals surface area contributed by atoms with E-state index >= 15 is 0 Å². The van der Waals surface area contributed by atoms with E-state index in [9.17, 15) is 22.8 Å². The highest BCUT2D eigenvalue weighted by molar-refractivity contribution is 5.35. The zero-order chi connectivity index (χ0) is 14.2. The van der Waals surface area contributed by atoms with E-state index in [-0.39, 0.29) is 5.69 Å². The Kier molecular flexibility index (Phi) is 2.96. The fourth-order valence-electron chi connectivity index (χ4n) is 1.42. The Morgan fingerprint density at radius 1 is 1.16 bits per heavy atom. The van der Waals surface area contributed by atoms with Crippen LogP contribution in [0.1, 0.15) is 5.56 Å². The summed E-state index contributed by atoms with van der Waals surface area (Å²) in [6.07, 6.45) is 0.813. The van der Waals surface area contributed by atoms with Crippen molar-refractivity contribution in [3.05, 3.63) is 62.2 Å². The molecule has 0 radical (unpaired) electrons. The summed E-state index contributed by atoms with van der Waals surface area (Å²) in [4.78, 5) is 24.4. The number of hydrogen-bond acceptors (Lipinski definition) is 3. The van der Waals surface area contributed by atoms with E-state index in [4.69, 9.17) is 5.26 Å². The predicted molar refractivity (Wildman–Crippen MR) is 57.2 cm³/mol. The lowest BCUT2D eigenvalue weighted by Crippen LogP contribution is -2.30. The van der Waals surface area contributed by atoms with Gasteiger partial charge < -0.3 is 0 Å². The van der Waals surface area contributed by atoms with Crippen molar-refractivity contribution in [3.63, 3.8) is 0 Å². The van der Waals surface area contributed by atoms with Gasteiger partial charge in [0, 0.05) is 18.3 Å². The third-order valence-corrected chi connectivity index (χ3v) is 2.31. The van der Waals surface area contributed by atoms with Crippen LogP contribution in [0.2, 0.25) is 0 Å². The molecule has 2 rings (SSSR count). The van der Waals surface area contributed by atoms with Crippen molar-refractivity contribution in [3.8, 4) is 11.8 Å². The highest BCUT2D eigenvalue weighted by Gasteiger charge is 2.13. The lowest BCUT2D eigenvalue weighted by atomic mass is 10.2. The minimum Gasteiger partial charge on any atom is -0.273 e. The summed E-state index contributed by atoms with van der Waals surface area (Å²) in [6.45, 7) is 0. The Hall–Kier alpha value is -2.82. The summed E-state index contributed by atoms with van der Waals surface area (Å²) in [5.74, 6) is -4.67. The largest absolute Gasteiger partial charge is 0.332 e. The van der Waals surface area contributed by atoms with Gasteiger partial charge in [0.2, 0.25) is 0 Å². The monoisotopic (exact) mass is 267 g/mol. The molecule has 0 bridgehead atoms. The van der Waals surface area contributed by atoms with Crippen molar-refractivity contribution < 1.29 is 13.2 Å². The summed E-state index contributed by atoms with van der Waals surface area (Å²) in [5, 5.41) is 8.64. The molecule has 1 N–H and O–H groups in total. The third kappa shape index (κ3) is 2.13. The van der Waals surface area contributed by atoms with Crippen LogP contribution in [0.5, 0.6) is 0 Å². The summed E-state index contributed by atoms with van der Waals surface area (Å²) in [6, 6.07) is 2.65. The molecule has 0 atom stereocenters. The molecular weight excluding hydrogens is 263 g/mol. The molecule has 0 aliphatic rings. The molecule has 0 fully saturated rings. The van der Waals surface area contributed by atoms with E-state index in [2.05, 4.69) is 0 Å². The molecule has 0 saturated heterocycles. The maximum atomic E-state index is 13.1. The van der Waals surface area contributed by atoms with E-state index in [0.717, 1.165) is 6.20 Å². The van der Waals surface area contributed by atoms with Crippen LogP contribution in [0.15, 0.2) is 27.9 Å². The molecule has 19 heavy (non-hydrogen) atoms. The van der Waals surface area contributed by atoms with Crippen molar-refractivity contribution in [2.24, 2.45) is 0 Å². The summed E-state index contributed by atoms with van der Waals surface area (Å²) in [7, 11) is 0. The summed E-state index contributed by atoms with van der Waals surface area (Å²) >= 11 is 0.